The van der Waals surface area contributed by atoms with Crippen molar-refractivity contribution >= 4 is 16.7 Å². The van der Waals surface area contributed by atoms with Gasteiger partial charge in [-0.3, -0.25) is 10.1 Å². The van der Waals surface area contributed by atoms with Crippen LogP contribution in [0.4, 0.5) is 0 Å². The van der Waals surface area contributed by atoms with E-state index in [2.05, 4.69) is 0 Å². The number of fused-ring (bicyclic) bond motifs is 1. The molecule has 0 aromatic heterocycles. The second-order valence-electron chi connectivity index (χ2n) is 3.89. The number of nitro groups is 1. The maximum atomic E-state index is 11.3. The second-order valence-corrected chi connectivity index (χ2v) is 3.89. The van der Waals surface area contributed by atoms with Crippen LogP contribution in [0.5, 0.6) is 5.75 Å². The monoisotopic (exact) mass is 245 g/mol. The van der Waals surface area contributed by atoms with Gasteiger partial charge in [-0.2, -0.15) is 0 Å². The zero-order chi connectivity index (χ0) is 13.1. The highest BCUT2D eigenvalue weighted by Gasteiger charge is 2.13. The summed E-state index contributed by atoms with van der Waals surface area (Å²) in [5, 5.41) is 12.0. The van der Waals surface area contributed by atoms with Gasteiger partial charge >= 0.3 is 5.97 Å². The van der Waals surface area contributed by atoms with Crippen LogP contribution in [-0.4, -0.2) is 17.4 Å². The first-order valence-corrected chi connectivity index (χ1v) is 5.39. The van der Waals surface area contributed by atoms with Crippen LogP contribution in [-0.2, 0) is 4.79 Å². The van der Waals surface area contributed by atoms with Crippen LogP contribution in [0.25, 0.3) is 10.8 Å². The maximum absolute atomic E-state index is 11.3. The van der Waals surface area contributed by atoms with E-state index in [1.54, 1.807) is 12.1 Å². The van der Waals surface area contributed by atoms with Crippen LogP contribution in [0.1, 0.15) is 5.56 Å². The van der Waals surface area contributed by atoms with Gasteiger partial charge in [-0.1, -0.05) is 30.3 Å². The van der Waals surface area contributed by atoms with Crippen molar-refractivity contribution in [3.8, 4) is 5.75 Å². The van der Waals surface area contributed by atoms with Gasteiger partial charge in [-0.25, -0.2) is 4.79 Å². The van der Waals surface area contributed by atoms with Gasteiger partial charge in [-0.15, -0.1) is 0 Å². The minimum Gasteiger partial charge on any atom is -0.421 e. The lowest BCUT2D eigenvalue weighted by molar-refractivity contribution is -0.469. The van der Waals surface area contributed by atoms with E-state index < -0.39 is 17.4 Å². The van der Waals surface area contributed by atoms with Gasteiger partial charge in [0.1, 0.15) is 5.75 Å². The Hall–Kier alpha value is -2.43. The van der Waals surface area contributed by atoms with Gasteiger partial charge in [0.15, 0.2) is 0 Å². The second kappa shape index (κ2) is 4.83. The van der Waals surface area contributed by atoms with Gasteiger partial charge < -0.3 is 4.74 Å². The molecule has 0 N–H and O–H groups in total. The van der Waals surface area contributed by atoms with Gasteiger partial charge in [0.05, 0.1) is 0 Å². The van der Waals surface area contributed by atoms with Crippen molar-refractivity contribution in [2.45, 2.75) is 6.92 Å². The molecule has 2 aromatic carbocycles. The highest BCUT2D eigenvalue weighted by molar-refractivity contribution is 5.92. The largest absolute Gasteiger partial charge is 0.421 e. The lowest BCUT2D eigenvalue weighted by atomic mass is 10.1. The SMILES string of the molecule is Cc1cccc2c(OC(=O)C[N+](=O)[O-])cccc12. The third-order valence-corrected chi connectivity index (χ3v) is 2.58. The molecule has 0 aliphatic rings. The summed E-state index contributed by atoms with van der Waals surface area (Å²) in [6, 6.07) is 10.9. The number of hydrogen-bond donors (Lipinski definition) is 0. The molecule has 0 saturated heterocycles. The summed E-state index contributed by atoms with van der Waals surface area (Å²) >= 11 is 0. The maximum Gasteiger partial charge on any atom is 0.383 e. The predicted octanol–water partition coefficient (Wildman–Crippen LogP) is 2.33. The lowest BCUT2D eigenvalue weighted by Gasteiger charge is -2.07. The van der Waals surface area contributed by atoms with Crippen molar-refractivity contribution in [1.29, 1.82) is 0 Å². The molecular weight excluding hydrogens is 234 g/mol. The number of carbonyl (C=O) groups is 1. The number of carbonyl (C=O) groups excluding carboxylic acids is 1. The summed E-state index contributed by atoms with van der Waals surface area (Å²) in [5.74, 6) is -0.517. The highest BCUT2D eigenvalue weighted by Crippen LogP contribution is 2.27. The number of ether oxygens (including phenoxy) is 1. The Bertz CT molecular complexity index is 621. The Morgan fingerprint density at radius 3 is 2.61 bits per heavy atom. The Kier molecular flexibility index (Phi) is 3.23. The highest BCUT2D eigenvalue weighted by atomic mass is 16.6. The van der Waals surface area contributed by atoms with Gasteiger partial charge in [0, 0.05) is 10.3 Å². The van der Waals surface area contributed by atoms with Crippen LogP contribution < -0.4 is 4.74 Å². The Morgan fingerprint density at radius 1 is 1.22 bits per heavy atom. The molecule has 2 aromatic rings. The first-order valence-electron chi connectivity index (χ1n) is 5.39. The molecule has 0 saturated carbocycles. The van der Waals surface area contributed by atoms with E-state index in [1.165, 1.54) is 0 Å². The molecular formula is C13H11NO4. The molecule has 0 amide bonds. The van der Waals surface area contributed by atoms with Crippen LogP contribution in [0.2, 0.25) is 0 Å². The standard InChI is InChI=1S/C13H11NO4/c1-9-4-2-6-11-10(9)5-3-7-12(11)18-13(15)8-14(16)17/h2-7H,8H2,1H3. The van der Waals surface area contributed by atoms with Gasteiger partial charge in [-0.05, 0) is 23.9 Å². The first-order chi connectivity index (χ1) is 8.58. The molecule has 0 aliphatic heterocycles. The zero-order valence-corrected chi connectivity index (χ0v) is 9.75. The quantitative estimate of drug-likeness (QED) is 0.360. The smallest absolute Gasteiger partial charge is 0.383 e. The number of rotatable bonds is 3. The fourth-order valence-corrected chi connectivity index (χ4v) is 1.79. The molecule has 5 heteroatoms. The molecule has 2 rings (SSSR count). The summed E-state index contributed by atoms with van der Waals surface area (Å²) < 4.78 is 5.01. The minimum absolute atomic E-state index is 0.350. The Balaban J connectivity index is 2.37. The van der Waals surface area contributed by atoms with E-state index in [-0.39, 0.29) is 0 Å². The molecule has 5 nitrogen and oxygen atoms in total. The number of nitrogens with zero attached hydrogens (tertiary/aromatic N) is 1. The van der Waals surface area contributed by atoms with E-state index >= 15 is 0 Å². The normalized spacial score (nSPS) is 10.3. The lowest BCUT2D eigenvalue weighted by Crippen LogP contribution is -2.19. The summed E-state index contributed by atoms with van der Waals surface area (Å²) in [6.45, 7) is 1.12. The van der Waals surface area contributed by atoms with Crippen molar-refractivity contribution in [1.82, 2.24) is 0 Å². The zero-order valence-electron chi connectivity index (χ0n) is 9.75. The van der Waals surface area contributed by atoms with Crippen molar-refractivity contribution in [2.24, 2.45) is 0 Å². The van der Waals surface area contributed by atoms with Gasteiger partial charge in [0.25, 0.3) is 6.54 Å². The molecule has 0 unspecified atom stereocenters. The molecule has 0 atom stereocenters. The van der Waals surface area contributed by atoms with Crippen LogP contribution >= 0.6 is 0 Å². The summed E-state index contributed by atoms with van der Waals surface area (Å²) in [6.07, 6.45) is 0. The molecule has 0 radical (unpaired) electrons. The van der Waals surface area contributed by atoms with Crippen LogP contribution in [0, 0.1) is 17.0 Å². The molecule has 0 spiro atoms. The average Bonchev–Trinajstić information content (AvgIpc) is 2.29. The summed E-state index contributed by atoms with van der Waals surface area (Å²) in [5.41, 5.74) is 1.06. The van der Waals surface area contributed by atoms with E-state index in [4.69, 9.17) is 4.74 Å². The van der Waals surface area contributed by atoms with Crippen molar-refractivity contribution < 1.29 is 14.5 Å². The predicted molar refractivity (Wildman–Crippen MR) is 66.2 cm³/mol. The van der Waals surface area contributed by atoms with Crippen LogP contribution in [0.15, 0.2) is 36.4 Å². The summed E-state index contributed by atoms with van der Waals surface area (Å²) in [4.78, 5) is 20.8. The number of hydrogen-bond acceptors (Lipinski definition) is 4. The van der Waals surface area contributed by atoms with Crippen molar-refractivity contribution in [3.05, 3.63) is 52.1 Å². The van der Waals surface area contributed by atoms with Crippen molar-refractivity contribution in [3.63, 3.8) is 0 Å². The third-order valence-electron chi connectivity index (χ3n) is 2.58. The molecule has 92 valence electrons. The van der Waals surface area contributed by atoms with Crippen molar-refractivity contribution in [2.75, 3.05) is 6.54 Å². The Labute approximate surface area is 103 Å². The molecule has 0 fully saturated rings. The minimum atomic E-state index is -0.867. The Morgan fingerprint density at radius 2 is 1.89 bits per heavy atom. The fraction of sp³-hybridized carbons (Fsp3) is 0.154. The first kappa shape index (κ1) is 12.0. The van der Waals surface area contributed by atoms with Gasteiger partial charge in [0.2, 0.25) is 0 Å². The molecule has 18 heavy (non-hydrogen) atoms. The molecule has 0 aliphatic carbocycles. The van der Waals surface area contributed by atoms with E-state index in [9.17, 15) is 14.9 Å². The number of benzene rings is 2. The number of aryl methyl sites for hydroxylation is 1. The average molecular weight is 245 g/mol. The third kappa shape index (κ3) is 2.45. The summed E-state index contributed by atoms with van der Waals surface area (Å²) in [7, 11) is 0. The topological polar surface area (TPSA) is 69.4 Å². The van der Waals surface area contributed by atoms with E-state index in [0.29, 0.717) is 5.75 Å². The number of esters is 1. The van der Waals surface area contributed by atoms with E-state index in [0.717, 1.165) is 16.3 Å². The molecule has 0 heterocycles. The van der Waals surface area contributed by atoms with E-state index in [1.807, 2.05) is 31.2 Å². The molecule has 0 bridgehead atoms. The van der Waals surface area contributed by atoms with Crippen LogP contribution in [0.3, 0.4) is 0 Å². The fourth-order valence-electron chi connectivity index (χ4n) is 1.79.